The van der Waals surface area contributed by atoms with Crippen LogP contribution in [-0.2, 0) is 14.4 Å². The zero-order chi connectivity index (χ0) is 18.0. The number of ketones is 3. The van der Waals surface area contributed by atoms with E-state index < -0.39 is 5.41 Å². The van der Waals surface area contributed by atoms with Gasteiger partial charge in [0, 0.05) is 12.3 Å². The summed E-state index contributed by atoms with van der Waals surface area (Å²) >= 11 is 0. The maximum atomic E-state index is 13.0. The van der Waals surface area contributed by atoms with Gasteiger partial charge >= 0.3 is 0 Å². The lowest BCUT2D eigenvalue weighted by atomic mass is 9.44. The third-order valence-electron chi connectivity index (χ3n) is 8.78. The van der Waals surface area contributed by atoms with Crippen LogP contribution in [0.15, 0.2) is 0 Å². The van der Waals surface area contributed by atoms with Crippen LogP contribution < -0.4 is 0 Å². The second-order valence-corrected chi connectivity index (χ2v) is 9.48. The summed E-state index contributed by atoms with van der Waals surface area (Å²) < 4.78 is 0. The maximum absolute atomic E-state index is 13.0. The SMILES string of the molecule is CC(=O)[C@H]1CC[C@H]2[C@@H]3CC[C@H]4CC(=O)CC(=O)[C@]4(CO)[C@H]3CC[C@]12C. The Morgan fingerprint density at radius 2 is 1.88 bits per heavy atom. The molecule has 0 unspecified atom stereocenters. The molecule has 1 N–H and O–H groups in total. The van der Waals surface area contributed by atoms with Gasteiger partial charge in [-0.25, -0.2) is 0 Å². The molecule has 0 amide bonds. The summed E-state index contributed by atoms with van der Waals surface area (Å²) in [7, 11) is 0. The molecule has 138 valence electrons. The van der Waals surface area contributed by atoms with Gasteiger partial charge in [0.1, 0.15) is 17.3 Å². The number of carbonyl (C=O) groups is 3. The standard InChI is InChI=1S/C21H30O4/c1-12(23)16-5-6-17-15-4-3-13-9-14(24)10-19(25)21(13,11-22)18(15)7-8-20(16,17)2/h13,15-18,22H,3-11H2,1-2H3/t13-,15-,16+,17-,18-,20+,21-/m0/s1. The smallest absolute Gasteiger partial charge is 0.149 e. The van der Waals surface area contributed by atoms with Gasteiger partial charge in [0.2, 0.25) is 0 Å². The molecule has 0 saturated heterocycles. The molecule has 4 aliphatic carbocycles. The van der Waals surface area contributed by atoms with Crippen LogP contribution in [-0.4, -0.2) is 29.1 Å². The van der Waals surface area contributed by atoms with E-state index in [-0.39, 0.29) is 47.8 Å². The van der Waals surface area contributed by atoms with Crippen LogP contribution in [0.2, 0.25) is 0 Å². The molecule has 4 rings (SSSR count). The van der Waals surface area contributed by atoms with Gasteiger partial charge in [0.15, 0.2) is 0 Å². The molecular formula is C21H30O4. The second-order valence-electron chi connectivity index (χ2n) is 9.48. The molecule has 0 aromatic heterocycles. The Morgan fingerprint density at radius 3 is 2.56 bits per heavy atom. The van der Waals surface area contributed by atoms with Crippen LogP contribution >= 0.6 is 0 Å². The highest BCUT2D eigenvalue weighted by Gasteiger charge is 2.64. The third-order valence-corrected chi connectivity index (χ3v) is 8.78. The number of carbonyl (C=O) groups excluding carboxylic acids is 3. The molecule has 4 saturated carbocycles. The van der Waals surface area contributed by atoms with Crippen LogP contribution in [0.4, 0.5) is 0 Å². The summed E-state index contributed by atoms with van der Waals surface area (Å²) in [6.07, 6.45) is 6.32. The molecule has 0 aliphatic heterocycles. The fourth-order valence-electron chi connectivity index (χ4n) is 7.70. The number of hydrogen-bond acceptors (Lipinski definition) is 4. The van der Waals surface area contributed by atoms with Gasteiger partial charge in [-0.3, -0.25) is 14.4 Å². The molecule has 0 aromatic carbocycles. The van der Waals surface area contributed by atoms with E-state index >= 15 is 0 Å². The Labute approximate surface area is 149 Å². The first-order valence-corrected chi connectivity index (χ1v) is 10.0. The Hall–Kier alpha value is -1.03. The number of Topliss-reactive ketones (excluding diaryl/α,β-unsaturated/α-hetero) is 3. The minimum Gasteiger partial charge on any atom is -0.395 e. The molecule has 0 radical (unpaired) electrons. The fraction of sp³-hybridized carbons (Fsp3) is 0.857. The van der Waals surface area contributed by atoms with Crippen molar-refractivity contribution in [1.29, 1.82) is 0 Å². The lowest BCUT2D eigenvalue weighted by molar-refractivity contribution is -0.170. The van der Waals surface area contributed by atoms with Crippen molar-refractivity contribution in [2.75, 3.05) is 6.61 Å². The summed E-state index contributed by atoms with van der Waals surface area (Å²) in [5.74, 6) is 1.64. The highest BCUT2D eigenvalue weighted by molar-refractivity contribution is 6.05. The molecule has 7 atom stereocenters. The van der Waals surface area contributed by atoms with Crippen molar-refractivity contribution in [1.82, 2.24) is 0 Å². The number of rotatable bonds is 2. The van der Waals surface area contributed by atoms with E-state index in [9.17, 15) is 19.5 Å². The highest BCUT2D eigenvalue weighted by Crippen LogP contribution is 2.66. The quantitative estimate of drug-likeness (QED) is 0.780. The first kappa shape index (κ1) is 17.4. The second kappa shape index (κ2) is 5.73. The van der Waals surface area contributed by atoms with Crippen molar-refractivity contribution in [3.63, 3.8) is 0 Å². The van der Waals surface area contributed by atoms with Crippen LogP contribution in [0, 0.1) is 40.4 Å². The normalized spacial score (nSPS) is 49.3. The summed E-state index contributed by atoms with van der Waals surface area (Å²) in [5, 5.41) is 10.3. The Balaban J connectivity index is 1.70. The van der Waals surface area contributed by atoms with E-state index in [1.807, 2.05) is 0 Å². The van der Waals surface area contributed by atoms with Gasteiger partial charge in [-0.2, -0.15) is 0 Å². The molecule has 0 spiro atoms. The monoisotopic (exact) mass is 346 g/mol. The van der Waals surface area contributed by atoms with E-state index in [2.05, 4.69) is 6.92 Å². The van der Waals surface area contributed by atoms with E-state index in [0.29, 0.717) is 24.0 Å². The van der Waals surface area contributed by atoms with E-state index in [4.69, 9.17) is 0 Å². The van der Waals surface area contributed by atoms with Crippen LogP contribution in [0.5, 0.6) is 0 Å². The van der Waals surface area contributed by atoms with E-state index in [1.54, 1.807) is 6.92 Å². The zero-order valence-corrected chi connectivity index (χ0v) is 15.4. The average Bonchev–Trinajstić information content (AvgIpc) is 2.91. The maximum Gasteiger partial charge on any atom is 0.149 e. The molecular weight excluding hydrogens is 316 g/mol. The van der Waals surface area contributed by atoms with Crippen LogP contribution in [0.1, 0.15) is 65.2 Å². The molecule has 4 aliphatic rings. The molecule has 0 aromatic rings. The van der Waals surface area contributed by atoms with Crippen molar-refractivity contribution >= 4 is 17.3 Å². The molecule has 0 heterocycles. The van der Waals surface area contributed by atoms with Gasteiger partial charge in [-0.05, 0) is 74.5 Å². The lowest BCUT2D eigenvalue weighted by Crippen LogP contribution is -2.60. The van der Waals surface area contributed by atoms with Crippen molar-refractivity contribution < 1.29 is 19.5 Å². The van der Waals surface area contributed by atoms with Crippen LogP contribution in [0.3, 0.4) is 0 Å². The van der Waals surface area contributed by atoms with Crippen molar-refractivity contribution in [3.05, 3.63) is 0 Å². The number of fused-ring (bicyclic) bond motifs is 5. The van der Waals surface area contributed by atoms with Crippen molar-refractivity contribution in [3.8, 4) is 0 Å². The Morgan fingerprint density at radius 1 is 1.12 bits per heavy atom. The van der Waals surface area contributed by atoms with Crippen LogP contribution in [0.25, 0.3) is 0 Å². The van der Waals surface area contributed by atoms with Gasteiger partial charge in [0.25, 0.3) is 0 Å². The van der Waals surface area contributed by atoms with Crippen molar-refractivity contribution in [2.24, 2.45) is 40.4 Å². The Bertz CT molecular complexity index is 625. The highest BCUT2D eigenvalue weighted by atomic mass is 16.3. The number of aliphatic hydroxyl groups excluding tert-OH is 1. The summed E-state index contributed by atoms with van der Waals surface area (Å²) in [6, 6.07) is 0. The summed E-state index contributed by atoms with van der Waals surface area (Å²) in [6.45, 7) is 3.91. The Kier molecular flexibility index (Phi) is 3.99. The molecule has 4 heteroatoms. The topological polar surface area (TPSA) is 71.4 Å². The van der Waals surface area contributed by atoms with E-state index in [1.165, 1.54) is 0 Å². The van der Waals surface area contributed by atoms with Crippen molar-refractivity contribution in [2.45, 2.75) is 65.2 Å². The van der Waals surface area contributed by atoms with Gasteiger partial charge < -0.3 is 5.11 Å². The minimum atomic E-state index is -0.688. The third kappa shape index (κ3) is 2.19. The molecule has 4 fully saturated rings. The number of aliphatic hydroxyl groups is 1. The van der Waals surface area contributed by atoms with E-state index in [0.717, 1.165) is 38.5 Å². The molecule has 25 heavy (non-hydrogen) atoms. The average molecular weight is 346 g/mol. The predicted molar refractivity (Wildman–Crippen MR) is 92.7 cm³/mol. The van der Waals surface area contributed by atoms with Gasteiger partial charge in [-0.15, -0.1) is 0 Å². The summed E-state index contributed by atoms with van der Waals surface area (Å²) in [4.78, 5) is 37.1. The first-order valence-electron chi connectivity index (χ1n) is 10.0. The predicted octanol–water partition coefficient (Wildman–Crippen LogP) is 2.95. The summed E-state index contributed by atoms with van der Waals surface area (Å²) in [5.41, 5.74) is -0.628. The minimum absolute atomic E-state index is 0.00401. The van der Waals surface area contributed by atoms with Gasteiger partial charge in [-0.1, -0.05) is 6.92 Å². The molecule has 0 bridgehead atoms. The largest absolute Gasteiger partial charge is 0.395 e. The molecule has 4 nitrogen and oxygen atoms in total. The zero-order valence-electron chi connectivity index (χ0n) is 15.4. The number of hydrogen-bond donors (Lipinski definition) is 1. The van der Waals surface area contributed by atoms with Gasteiger partial charge in [0.05, 0.1) is 18.4 Å². The lowest BCUT2D eigenvalue weighted by Gasteiger charge is -2.59. The fourth-order valence-corrected chi connectivity index (χ4v) is 7.70. The first-order chi connectivity index (χ1) is 11.8.